The number of amides is 1. The number of para-hydroxylation sites is 1. The maximum atomic E-state index is 11.5. The highest BCUT2D eigenvalue weighted by atomic mass is 16.6. The normalized spacial score (nSPS) is 28.1. The van der Waals surface area contributed by atoms with Crippen LogP contribution in [0.4, 0.5) is 10.5 Å². The molecule has 1 aromatic carbocycles. The van der Waals surface area contributed by atoms with Crippen molar-refractivity contribution in [1.82, 2.24) is 5.32 Å². The molecule has 1 aromatic rings. The second-order valence-corrected chi connectivity index (χ2v) is 4.33. The van der Waals surface area contributed by atoms with Crippen molar-refractivity contribution in [1.29, 1.82) is 0 Å². The molecule has 0 aromatic heterocycles. The van der Waals surface area contributed by atoms with E-state index in [9.17, 15) is 4.79 Å². The van der Waals surface area contributed by atoms with Gasteiger partial charge in [0, 0.05) is 12.1 Å². The number of nitrogens with one attached hydrogen (secondary N) is 2. The first-order chi connectivity index (χ1) is 7.80. The van der Waals surface area contributed by atoms with Gasteiger partial charge in [-0.2, -0.15) is 0 Å². The molecule has 1 fully saturated rings. The number of benzene rings is 1. The summed E-state index contributed by atoms with van der Waals surface area (Å²) in [5, 5.41) is 6.04. The van der Waals surface area contributed by atoms with E-state index in [1.54, 1.807) is 0 Å². The molecule has 3 rings (SSSR count). The lowest BCUT2D eigenvalue weighted by Crippen LogP contribution is -2.49. The summed E-state index contributed by atoms with van der Waals surface area (Å²) in [6, 6.07) is 7.86. The molecule has 4 nitrogen and oxygen atoms in total. The molecule has 2 heterocycles. The summed E-state index contributed by atoms with van der Waals surface area (Å²) in [6.45, 7) is 1.70. The number of ether oxygens (including phenoxy) is 1. The van der Waals surface area contributed by atoms with E-state index in [1.807, 2.05) is 24.3 Å². The molecule has 0 bridgehead atoms. The first-order valence-electron chi connectivity index (χ1n) is 5.60. The predicted molar refractivity (Wildman–Crippen MR) is 60.3 cm³/mol. The molecule has 0 saturated carbocycles. The van der Waals surface area contributed by atoms with Crippen molar-refractivity contribution in [3.8, 4) is 0 Å². The highest BCUT2D eigenvalue weighted by molar-refractivity contribution is 5.88. The molecule has 1 atom stereocenters. The fourth-order valence-electron chi connectivity index (χ4n) is 2.55. The van der Waals surface area contributed by atoms with Gasteiger partial charge in [0.2, 0.25) is 0 Å². The number of carbonyl (C=O) groups excluding carboxylic acids is 1. The fraction of sp³-hybridized carbons (Fsp3) is 0.417. The molecule has 1 saturated heterocycles. The van der Waals surface area contributed by atoms with Crippen molar-refractivity contribution < 1.29 is 9.53 Å². The molecular weight excluding hydrogens is 204 g/mol. The smallest absolute Gasteiger partial charge is 0.412 e. The molecule has 2 aliphatic rings. The van der Waals surface area contributed by atoms with Gasteiger partial charge < -0.3 is 10.1 Å². The van der Waals surface area contributed by atoms with Crippen LogP contribution in [0.25, 0.3) is 0 Å². The Hall–Kier alpha value is -1.55. The molecule has 1 spiro atoms. The molecular formula is C12H14N2O2. The van der Waals surface area contributed by atoms with E-state index < -0.39 is 5.60 Å². The zero-order valence-corrected chi connectivity index (χ0v) is 8.95. The molecule has 1 unspecified atom stereocenters. The maximum Gasteiger partial charge on any atom is 0.412 e. The van der Waals surface area contributed by atoms with Crippen LogP contribution >= 0.6 is 0 Å². The van der Waals surface area contributed by atoms with Gasteiger partial charge in [0.15, 0.2) is 5.60 Å². The summed E-state index contributed by atoms with van der Waals surface area (Å²) in [4.78, 5) is 11.5. The first kappa shape index (κ1) is 9.66. The average Bonchev–Trinajstić information content (AvgIpc) is 2.30. The standard InChI is InChI=1S/C12H14N2O2/c15-11-14-10-5-2-1-4-9(10)12(16-11)6-3-7-13-8-12/h1-2,4-5,13H,3,6-8H2,(H,14,15). The van der Waals surface area contributed by atoms with Crippen LogP contribution < -0.4 is 10.6 Å². The molecule has 0 radical (unpaired) electrons. The Morgan fingerprint density at radius 1 is 1.31 bits per heavy atom. The van der Waals surface area contributed by atoms with Crippen molar-refractivity contribution in [3.63, 3.8) is 0 Å². The van der Waals surface area contributed by atoms with Crippen LogP contribution in [0, 0.1) is 0 Å². The SMILES string of the molecule is O=C1Nc2ccccc2C2(CCCNC2)O1. The molecule has 2 aliphatic heterocycles. The first-order valence-corrected chi connectivity index (χ1v) is 5.60. The number of hydrogen-bond acceptors (Lipinski definition) is 3. The second-order valence-electron chi connectivity index (χ2n) is 4.33. The minimum atomic E-state index is -0.461. The largest absolute Gasteiger partial charge is 0.436 e. The Labute approximate surface area is 94.0 Å². The Balaban J connectivity index is 2.08. The Kier molecular flexibility index (Phi) is 2.11. The van der Waals surface area contributed by atoms with Crippen LogP contribution in [0.15, 0.2) is 24.3 Å². The number of piperidine rings is 1. The van der Waals surface area contributed by atoms with E-state index in [0.29, 0.717) is 6.54 Å². The molecule has 4 heteroatoms. The number of rotatable bonds is 0. The Morgan fingerprint density at radius 2 is 2.19 bits per heavy atom. The lowest BCUT2D eigenvalue weighted by atomic mass is 9.84. The average molecular weight is 218 g/mol. The van der Waals surface area contributed by atoms with Gasteiger partial charge in [-0.1, -0.05) is 18.2 Å². The predicted octanol–water partition coefficient (Wildman–Crippen LogP) is 1.83. The highest BCUT2D eigenvalue weighted by Gasteiger charge is 2.42. The Bertz CT molecular complexity index is 425. The zero-order chi connectivity index (χ0) is 11.0. The van der Waals surface area contributed by atoms with Crippen molar-refractivity contribution in [2.24, 2.45) is 0 Å². The van der Waals surface area contributed by atoms with E-state index in [-0.39, 0.29) is 6.09 Å². The topological polar surface area (TPSA) is 50.4 Å². The molecule has 16 heavy (non-hydrogen) atoms. The van der Waals surface area contributed by atoms with Crippen molar-refractivity contribution in [3.05, 3.63) is 29.8 Å². The summed E-state index contributed by atoms with van der Waals surface area (Å²) < 4.78 is 5.53. The van der Waals surface area contributed by atoms with Gasteiger partial charge in [0.05, 0.1) is 5.69 Å². The summed E-state index contributed by atoms with van der Waals surface area (Å²) in [7, 11) is 0. The van der Waals surface area contributed by atoms with E-state index >= 15 is 0 Å². The summed E-state index contributed by atoms with van der Waals surface area (Å²) in [6.07, 6.45) is 1.58. The minimum Gasteiger partial charge on any atom is -0.436 e. The fourth-order valence-corrected chi connectivity index (χ4v) is 2.55. The summed E-state index contributed by atoms with van der Waals surface area (Å²) in [5.74, 6) is 0. The lowest BCUT2D eigenvalue weighted by molar-refractivity contribution is -0.00723. The number of hydrogen-bond donors (Lipinski definition) is 2. The van der Waals surface area contributed by atoms with Crippen molar-refractivity contribution >= 4 is 11.8 Å². The van der Waals surface area contributed by atoms with Gasteiger partial charge >= 0.3 is 6.09 Å². The summed E-state index contributed by atoms with van der Waals surface area (Å²) in [5.41, 5.74) is 1.50. The van der Waals surface area contributed by atoms with Crippen molar-refractivity contribution in [2.45, 2.75) is 18.4 Å². The monoisotopic (exact) mass is 218 g/mol. The van der Waals surface area contributed by atoms with E-state index in [0.717, 1.165) is 30.6 Å². The number of fused-ring (bicyclic) bond motifs is 2. The van der Waals surface area contributed by atoms with Gasteiger partial charge in [-0.25, -0.2) is 4.79 Å². The number of carbonyl (C=O) groups is 1. The van der Waals surface area contributed by atoms with E-state index in [4.69, 9.17) is 4.74 Å². The molecule has 0 aliphatic carbocycles. The van der Waals surface area contributed by atoms with Crippen LogP contribution in [0.2, 0.25) is 0 Å². The van der Waals surface area contributed by atoms with Crippen LogP contribution in [0.1, 0.15) is 18.4 Å². The van der Waals surface area contributed by atoms with Gasteiger partial charge in [-0.3, -0.25) is 5.32 Å². The second kappa shape index (κ2) is 3.49. The third kappa shape index (κ3) is 1.38. The van der Waals surface area contributed by atoms with Crippen LogP contribution in [-0.2, 0) is 10.3 Å². The third-order valence-electron chi connectivity index (χ3n) is 3.29. The van der Waals surface area contributed by atoms with E-state index in [2.05, 4.69) is 10.6 Å². The van der Waals surface area contributed by atoms with Crippen LogP contribution in [0.5, 0.6) is 0 Å². The lowest BCUT2D eigenvalue weighted by Gasteiger charge is -2.41. The van der Waals surface area contributed by atoms with Gasteiger partial charge in [-0.15, -0.1) is 0 Å². The maximum absolute atomic E-state index is 11.5. The van der Waals surface area contributed by atoms with Crippen molar-refractivity contribution in [2.75, 3.05) is 18.4 Å². The van der Waals surface area contributed by atoms with Gasteiger partial charge in [-0.05, 0) is 25.5 Å². The molecule has 84 valence electrons. The third-order valence-corrected chi connectivity index (χ3v) is 3.29. The summed E-state index contributed by atoms with van der Waals surface area (Å²) >= 11 is 0. The number of anilines is 1. The van der Waals surface area contributed by atoms with E-state index in [1.165, 1.54) is 0 Å². The zero-order valence-electron chi connectivity index (χ0n) is 8.95. The molecule has 2 N–H and O–H groups in total. The van der Waals surface area contributed by atoms with Gasteiger partial charge in [0.25, 0.3) is 0 Å². The van der Waals surface area contributed by atoms with Gasteiger partial charge in [0.1, 0.15) is 0 Å². The quantitative estimate of drug-likeness (QED) is 0.698. The van der Waals surface area contributed by atoms with Crippen LogP contribution in [-0.4, -0.2) is 19.2 Å². The Morgan fingerprint density at radius 3 is 3.00 bits per heavy atom. The van der Waals surface area contributed by atoms with Crippen LogP contribution in [0.3, 0.4) is 0 Å². The highest BCUT2D eigenvalue weighted by Crippen LogP contribution is 2.40. The molecule has 1 amide bonds. The minimum absolute atomic E-state index is 0.345.